The van der Waals surface area contributed by atoms with E-state index in [9.17, 15) is 4.79 Å². The molecule has 0 saturated carbocycles. The third kappa shape index (κ3) is 0.891. The van der Waals surface area contributed by atoms with E-state index in [1.54, 1.807) is 12.1 Å². The Kier molecular flexibility index (Phi) is 1.30. The van der Waals surface area contributed by atoms with Gasteiger partial charge in [0.25, 0.3) is 5.91 Å². The zero-order valence-electron chi connectivity index (χ0n) is 7.19. The highest BCUT2D eigenvalue weighted by Crippen LogP contribution is 2.06. The molecule has 0 saturated heterocycles. The molecule has 68 valence electrons. The lowest BCUT2D eigenvalue weighted by atomic mass is 10.1. The average molecular weight is 186 g/mol. The maximum absolute atomic E-state index is 11.4. The summed E-state index contributed by atoms with van der Waals surface area (Å²) in [6.07, 6.45) is 1.48. The highest BCUT2D eigenvalue weighted by atomic mass is 16.1. The van der Waals surface area contributed by atoms with Gasteiger partial charge in [-0.3, -0.25) is 9.79 Å². The fourth-order valence-corrected chi connectivity index (χ4v) is 1.53. The molecule has 0 bridgehead atoms. The van der Waals surface area contributed by atoms with Crippen LogP contribution in [0.15, 0.2) is 27.1 Å². The van der Waals surface area contributed by atoms with Crippen molar-refractivity contribution in [2.24, 2.45) is 15.0 Å². The number of aliphatic imine (C=N–C) groups is 1. The number of benzene rings is 1. The van der Waals surface area contributed by atoms with E-state index in [-0.39, 0.29) is 5.91 Å². The minimum absolute atomic E-state index is 0.0973. The standard InChI is InChI=1S/C9H6N4O/c14-9-5-1-7-8(12-3-11-7)2-6(5)10-4-13-9/h1-3H,4H2,(H,13,14). The Hall–Kier alpha value is -2.04. The predicted molar refractivity (Wildman–Crippen MR) is 49.2 cm³/mol. The van der Waals surface area contributed by atoms with Crippen LogP contribution in [0, 0.1) is 0 Å². The molecule has 1 aromatic rings. The molecule has 1 aromatic carbocycles. The molecule has 1 amide bonds. The van der Waals surface area contributed by atoms with Gasteiger partial charge in [-0.2, -0.15) is 0 Å². The molecular formula is C9H6N4O. The van der Waals surface area contributed by atoms with E-state index in [4.69, 9.17) is 0 Å². The predicted octanol–water partition coefficient (Wildman–Crippen LogP) is -0.700. The van der Waals surface area contributed by atoms with Crippen LogP contribution in [0.25, 0.3) is 0 Å². The Morgan fingerprint density at radius 3 is 3.14 bits per heavy atom. The van der Waals surface area contributed by atoms with Crippen LogP contribution in [-0.2, 0) is 0 Å². The van der Waals surface area contributed by atoms with Crippen LogP contribution >= 0.6 is 0 Å². The smallest absolute Gasteiger partial charge is 0.254 e. The van der Waals surface area contributed by atoms with Gasteiger partial charge < -0.3 is 5.32 Å². The molecule has 2 aliphatic rings. The Morgan fingerprint density at radius 1 is 1.29 bits per heavy atom. The second kappa shape index (κ2) is 2.47. The van der Waals surface area contributed by atoms with Crippen LogP contribution in [0.3, 0.4) is 0 Å². The van der Waals surface area contributed by atoms with Gasteiger partial charge in [-0.1, -0.05) is 0 Å². The summed E-state index contributed by atoms with van der Waals surface area (Å²) in [4.78, 5) is 23.7. The van der Waals surface area contributed by atoms with Gasteiger partial charge in [-0.15, -0.1) is 0 Å². The van der Waals surface area contributed by atoms with Gasteiger partial charge in [0.15, 0.2) is 0 Å². The molecule has 2 heterocycles. The van der Waals surface area contributed by atoms with Gasteiger partial charge in [0.2, 0.25) is 0 Å². The second-order valence-electron chi connectivity index (χ2n) is 3.05. The number of carbonyl (C=O) groups is 1. The molecule has 0 unspecified atom stereocenters. The number of carbonyl (C=O) groups excluding carboxylic acids is 1. The summed E-state index contributed by atoms with van der Waals surface area (Å²) in [6, 6.07) is 3.51. The van der Waals surface area contributed by atoms with Crippen molar-refractivity contribution in [1.82, 2.24) is 5.32 Å². The quantitative estimate of drug-likeness (QED) is 0.572. The molecule has 3 rings (SSSR count). The zero-order valence-corrected chi connectivity index (χ0v) is 7.19. The number of nitrogens with one attached hydrogen (secondary N) is 1. The number of nitrogens with zero attached hydrogens (tertiary/aromatic N) is 3. The normalized spacial score (nSPS) is 16.4. The monoisotopic (exact) mass is 186 g/mol. The molecule has 0 fully saturated rings. The topological polar surface area (TPSA) is 66.2 Å². The lowest BCUT2D eigenvalue weighted by Crippen LogP contribution is -2.35. The molecule has 0 atom stereocenters. The first-order chi connectivity index (χ1) is 6.84. The Morgan fingerprint density at radius 2 is 2.21 bits per heavy atom. The largest absolute Gasteiger partial charge is 0.333 e. The van der Waals surface area contributed by atoms with Gasteiger partial charge in [0, 0.05) is 0 Å². The maximum Gasteiger partial charge on any atom is 0.254 e. The average Bonchev–Trinajstić information content (AvgIpc) is 2.62. The fraction of sp³-hybridized carbons (Fsp3) is 0.111. The van der Waals surface area contributed by atoms with E-state index < -0.39 is 0 Å². The number of fused-ring (bicyclic) bond motifs is 2. The highest BCUT2D eigenvalue weighted by molar-refractivity contribution is 5.95. The molecule has 0 aromatic heterocycles. The lowest BCUT2D eigenvalue weighted by Gasteiger charge is -2.08. The molecule has 1 N–H and O–H groups in total. The Bertz CT molecular complexity index is 573. The van der Waals surface area contributed by atoms with Crippen molar-refractivity contribution in [2.45, 2.75) is 0 Å². The molecular weight excluding hydrogens is 180 g/mol. The first-order valence-corrected chi connectivity index (χ1v) is 4.22. The minimum atomic E-state index is -0.0973. The molecule has 5 nitrogen and oxygen atoms in total. The first kappa shape index (κ1) is 7.37. The van der Waals surface area contributed by atoms with Crippen LogP contribution in [0.5, 0.6) is 0 Å². The van der Waals surface area contributed by atoms with Crippen molar-refractivity contribution >= 4 is 17.9 Å². The number of hydrogen-bond acceptors (Lipinski definition) is 4. The highest BCUT2D eigenvalue weighted by Gasteiger charge is 2.14. The van der Waals surface area contributed by atoms with Gasteiger partial charge in [-0.05, 0) is 12.1 Å². The molecule has 2 aliphatic heterocycles. The number of rotatable bonds is 0. The molecule has 0 spiro atoms. The van der Waals surface area contributed by atoms with E-state index in [1.165, 1.54) is 6.34 Å². The summed E-state index contributed by atoms with van der Waals surface area (Å²) < 4.78 is 0. The summed E-state index contributed by atoms with van der Waals surface area (Å²) >= 11 is 0. The summed E-state index contributed by atoms with van der Waals surface area (Å²) in [5.41, 5.74) is 1.35. The summed E-state index contributed by atoms with van der Waals surface area (Å²) in [6.45, 7) is 0.339. The van der Waals surface area contributed by atoms with E-state index >= 15 is 0 Å². The fourth-order valence-electron chi connectivity index (χ4n) is 1.53. The summed E-state index contributed by atoms with van der Waals surface area (Å²) in [5.74, 6) is -0.0973. The zero-order chi connectivity index (χ0) is 9.54. The Labute approximate surface area is 78.9 Å². The molecule has 5 heteroatoms. The first-order valence-electron chi connectivity index (χ1n) is 4.22. The summed E-state index contributed by atoms with van der Waals surface area (Å²) in [5, 5.41) is 4.07. The third-order valence-electron chi connectivity index (χ3n) is 2.22. The molecule has 14 heavy (non-hydrogen) atoms. The van der Waals surface area contributed by atoms with Crippen LogP contribution in [0.1, 0.15) is 10.4 Å². The van der Waals surface area contributed by atoms with E-state index in [0.29, 0.717) is 17.6 Å². The van der Waals surface area contributed by atoms with Crippen molar-refractivity contribution in [2.75, 3.05) is 6.67 Å². The van der Waals surface area contributed by atoms with Crippen molar-refractivity contribution in [3.63, 3.8) is 0 Å². The van der Waals surface area contributed by atoms with Gasteiger partial charge in [0.1, 0.15) is 13.0 Å². The minimum Gasteiger partial charge on any atom is -0.333 e. The third-order valence-corrected chi connectivity index (χ3v) is 2.22. The van der Waals surface area contributed by atoms with Crippen molar-refractivity contribution < 1.29 is 4.79 Å². The van der Waals surface area contributed by atoms with Crippen LogP contribution in [0.4, 0.5) is 5.69 Å². The second-order valence-corrected chi connectivity index (χ2v) is 3.05. The summed E-state index contributed by atoms with van der Waals surface area (Å²) in [7, 11) is 0. The van der Waals surface area contributed by atoms with Gasteiger partial charge in [0.05, 0.1) is 22.0 Å². The number of hydrogen-bond donors (Lipinski definition) is 1. The van der Waals surface area contributed by atoms with E-state index in [1.807, 2.05) is 0 Å². The Balaban J connectivity index is 2.41. The lowest BCUT2D eigenvalue weighted by molar-refractivity contribution is 0.0947. The SMILES string of the molecule is O=C1NCN=c2cc3c(cc21)=NC=N3. The number of amides is 1. The maximum atomic E-state index is 11.4. The molecule has 0 aliphatic carbocycles. The van der Waals surface area contributed by atoms with E-state index in [2.05, 4.69) is 20.3 Å². The van der Waals surface area contributed by atoms with Gasteiger partial charge >= 0.3 is 0 Å². The van der Waals surface area contributed by atoms with Crippen LogP contribution in [-0.4, -0.2) is 18.9 Å². The van der Waals surface area contributed by atoms with Crippen LogP contribution < -0.4 is 16.0 Å². The molecule has 0 radical (unpaired) electrons. The van der Waals surface area contributed by atoms with Gasteiger partial charge in [-0.25, -0.2) is 9.98 Å². The van der Waals surface area contributed by atoms with Crippen LogP contribution in [0.2, 0.25) is 0 Å². The van der Waals surface area contributed by atoms with E-state index in [0.717, 1.165) is 11.0 Å². The van der Waals surface area contributed by atoms with Crippen molar-refractivity contribution in [1.29, 1.82) is 0 Å². The van der Waals surface area contributed by atoms with Crippen molar-refractivity contribution in [3.8, 4) is 0 Å². The van der Waals surface area contributed by atoms with Crippen molar-refractivity contribution in [3.05, 3.63) is 28.4 Å².